The van der Waals surface area contributed by atoms with Crippen molar-refractivity contribution >= 4 is 22.6 Å². The van der Waals surface area contributed by atoms with Gasteiger partial charge in [0.2, 0.25) is 0 Å². The van der Waals surface area contributed by atoms with Crippen LogP contribution in [0.5, 0.6) is 0 Å². The number of rotatable bonds is 2. The van der Waals surface area contributed by atoms with Crippen LogP contribution in [0, 0.1) is 15.2 Å². The van der Waals surface area contributed by atoms with Gasteiger partial charge >= 0.3 is 0 Å². The monoisotopic (exact) mass is 360 g/mol. The first-order chi connectivity index (χ1) is 8.41. The van der Waals surface area contributed by atoms with E-state index in [1.165, 1.54) is 6.92 Å². The van der Waals surface area contributed by atoms with Gasteiger partial charge in [-0.25, -0.2) is 8.78 Å². The summed E-state index contributed by atoms with van der Waals surface area (Å²) in [5, 5.41) is 10.4. The predicted molar refractivity (Wildman–Crippen MR) is 74.2 cm³/mol. The molecule has 94 valence electrons. The molecule has 4 heteroatoms. The topological polar surface area (TPSA) is 20.2 Å². The normalized spacial score (nSPS) is 14.3. The molecule has 0 amide bonds. The minimum absolute atomic E-state index is 0.0660. The second-order valence-corrected chi connectivity index (χ2v) is 5.45. The molecule has 0 saturated carbocycles. The lowest BCUT2D eigenvalue weighted by molar-refractivity contribution is 0.0975. The molecule has 0 aliphatic rings. The van der Waals surface area contributed by atoms with E-state index in [-0.39, 0.29) is 5.56 Å². The Labute approximate surface area is 118 Å². The average molecular weight is 360 g/mol. The van der Waals surface area contributed by atoms with E-state index < -0.39 is 17.2 Å². The zero-order valence-corrected chi connectivity index (χ0v) is 11.8. The molecule has 0 aliphatic heterocycles. The first-order valence-corrected chi connectivity index (χ1v) is 6.43. The van der Waals surface area contributed by atoms with Crippen molar-refractivity contribution in [3.05, 3.63) is 68.8 Å². The van der Waals surface area contributed by atoms with Crippen LogP contribution in [0.15, 0.2) is 42.5 Å². The fraction of sp³-hybridized carbons (Fsp3) is 0.143. The largest absolute Gasteiger partial charge is 0.381 e. The molecular formula is C14H11F2IO. The van der Waals surface area contributed by atoms with Gasteiger partial charge < -0.3 is 5.11 Å². The molecule has 18 heavy (non-hydrogen) atoms. The minimum Gasteiger partial charge on any atom is -0.381 e. The minimum atomic E-state index is -1.56. The number of aliphatic hydroxyl groups is 1. The van der Waals surface area contributed by atoms with Crippen LogP contribution in [0.25, 0.3) is 0 Å². The molecule has 0 aliphatic carbocycles. The third kappa shape index (κ3) is 2.54. The van der Waals surface area contributed by atoms with Crippen molar-refractivity contribution in [3.8, 4) is 0 Å². The standard InChI is InChI=1S/C14H11F2IO/c1-14(18,9-2-5-11(17)6-3-9)12-8-10(15)4-7-13(12)16/h2-8,18H,1H3. The molecule has 2 aromatic carbocycles. The highest BCUT2D eigenvalue weighted by atomic mass is 127. The molecule has 2 aromatic rings. The zero-order chi connectivity index (χ0) is 13.3. The van der Waals surface area contributed by atoms with Gasteiger partial charge in [-0.3, -0.25) is 0 Å². The van der Waals surface area contributed by atoms with Crippen molar-refractivity contribution in [2.24, 2.45) is 0 Å². The molecule has 0 fully saturated rings. The van der Waals surface area contributed by atoms with Gasteiger partial charge in [-0.2, -0.15) is 0 Å². The van der Waals surface area contributed by atoms with Crippen molar-refractivity contribution in [1.29, 1.82) is 0 Å². The highest BCUT2D eigenvalue weighted by molar-refractivity contribution is 14.1. The van der Waals surface area contributed by atoms with E-state index in [0.29, 0.717) is 5.56 Å². The fourth-order valence-electron chi connectivity index (χ4n) is 1.80. The van der Waals surface area contributed by atoms with Crippen LogP contribution in [0.2, 0.25) is 0 Å². The quantitative estimate of drug-likeness (QED) is 0.808. The molecule has 1 nitrogen and oxygen atoms in total. The Morgan fingerprint density at radius 1 is 1.06 bits per heavy atom. The lowest BCUT2D eigenvalue weighted by Crippen LogP contribution is -2.24. The Balaban J connectivity index is 2.53. The summed E-state index contributed by atoms with van der Waals surface area (Å²) in [6.45, 7) is 1.45. The predicted octanol–water partition coefficient (Wildman–Crippen LogP) is 3.83. The molecule has 0 heterocycles. The highest BCUT2D eigenvalue weighted by Gasteiger charge is 2.29. The summed E-state index contributed by atoms with van der Waals surface area (Å²) in [5.74, 6) is -1.20. The SMILES string of the molecule is CC(O)(c1ccc(I)cc1)c1cc(F)ccc1F. The Bertz CT molecular complexity index is 565. The van der Waals surface area contributed by atoms with Gasteiger partial charge in [-0.15, -0.1) is 0 Å². The van der Waals surface area contributed by atoms with Crippen molar-refractivity contribution < 1.29 is 13.9 Å². The summed E-state index contributed by atoms with van der Waals surface area (Å²) in [6, 6.07) is 10.1. The van der Waals surface area contributed by atoms with Crippen molar-refractivity contribution in [1.82, 2.24) is 0 Å². The van der Waals surface area contributed by atoms with Crippen LogP contribution in [0.3, 0.4) is 0 Å². The van der Waals surface area contributed by atoms with Gasteiger partial charge in [0.15, 0.2) is 0 Å². The molecule has 0 radical (unpaired) electrons. The van der Waals surface area contributed by atoms with E-state index in [0.717, 1.165) is 21.8 Å². The van der Waals surface area contributed by atoms with Gasteiger partial charge in [0.1, 0.15) is 17.2 Å². The Morgan fingerprint density at radius 2 is 1.67 bits per heavy atom. The van der Waals surface area contributed by atoms with E-state index in [9.17, 15) is 13.9 Å². The van der Waals surface area contributed by atoms with Crippen molar-refractivity contribution in [3.63, 3.8) is 0 Å². The molecule has 1 unspecified atom stereocenters. The first-order valence-electron chi connectivity index (χ1n) is 5.35. The van der Waals surface area contributed by atoms with Crippen LogP contribution in [0.1, 0.15) is 18.1 Å². The van der Waals surface area contributed by atoms with E-state index in [4.69, 9.17) is 0 Å². The second-order valence-electron chi connectivity index (χ2n) is 4.20. The van der Waals surface area contributed by atoms with Crippen molar-refractivity contribution in [2.45, 2.75) is 12.5 Å². The molecule has 1 atom stereocenters. The number of halogens is 3. The summed E-state index contributed by atoms with van der Waals surface area (Å²) in [7, 11) is 0. The van der Waals surface area contributed by atoms with E-state index in [1.807, 2.05) is 12.1 Å². The molecule has 2 rings (SSSR count). The van der Waals surface area contributed by atoms with Gasteiger partial charge in [0.25, 0.3) is 0 Å². The van der Waals surface area contributed by atoms with Crippen LogP contribution in [0.4, 0.5) is 8.78 Å². The van der Waals surface area contributed by atoms with Crippen molar-refractivity contribution in [2.75, 3.05) is 0 Å². The van der Waals surface area contributed by atoms with Gasteiger partial charge in [-0.05, 0) is 65.4 Å². The molecule has 0 saturated heterocycles. The Hall–Kier alpha value is -1.01. The summed E-state index contributed by atoms with van der Waals surface area (Å²) >= 11 is 2.14. The molecule has 0 aromatic heterocycles. The van der Waals surface area contributed by atoms with E-state index in [1.54, 1.807) is 12.1 Å². The lowest BCUT2D eigenvalue weighted by atomic mass is 9.88. The smallest absolute Gasteiger partial charge is 0.129 e. The number of hydrogen-bond donors (Lipinski definition) is 1. The van der Waals surface area contributed by atoms with E-state index in [2.05, 4.69) is 22.6 Å². The maximum absolute atomic E-state index is 13.7. The third-order valence-electron chi connectivity index (χ3n) is 2.86. The van der Waals surface area contributed by atoms with Gasteiger partial charge in [0, 0.05) is 9.13 Å². The maximum Gasteiger partial charge on any atom is 0.129 e. The second kappa shape index (κ2) is 4.93. The van der Waals surface area contributed by atoms with Gasteiger partial charge in [-0.1, -0.05) is 12.1 Å². The highest BCUT2D eigenvalue weighted by Crippen LogP contribution is 2.31. The third-order valence-corrected chi connectivity index (χ3v) is 3.58. The Morgan fingerprint density at radius 3 is 2.28 bits per heavy atom. The van der Waals surface area contributed by atoms with E-state index >= 15 is 0 Å². The zero-order valence-electron chi connectivity index (χ0n) is 9.62. The summed E-state index contributed by atoms with van der Waals surface area (Å²) in [4.78, 5) is 0. The van der Waals surface area contributed by atoms with Crippen LogP contribution < -0.4 is 0 Å². The van der Waals surface area contributed by atoms with Crippen LogP contribution in [-0.4, -0.2) is 5.11 Å². The Kier molecular flexibility index (Phi) is 3.68. The molecular weight excluding hydrogens is 349 g/mol. The molecule has 0 bridgehead atoms. The lowest BCUT2D eigenvalue weighted by Gasteiger charge is -2.25. The summed E-state index contributed by atoms with van der Waals surface area (Å²) < 4.78 is 27.9. The van der Waals surface area contributed by atoms with Crippen LogP contribution in [-0.2, 0) is 5.60 Å². The first kappa shape index (κ1) is 13.4. The number of benzene rings is 2. The fourth-order valence-corrected chi connectivity index (χ4v) is 2.16. The average Bonchev–Trinajstić information content (AvgIpc) is 2.32. The van der Waals surface area contributed by atoms with Crippen LogP contribution >= 0.6 is 22.6 Å². The molecule has 1 N–H and O–H groups in total. The number of hydrogen-bond acceptors (Lipinski definition) is 1. The van der Waals surface area contributed by atoms with Gasteiger partial charge in [0.05, 0.1) is 0 Å². The maximum atomic E-state index is 13.7. The summed E-state index contributed by atoms with van der Waals surface area (Å²) in [5.41, 5.74) is -1.10. The summed E-state index contributed by atoms with van der Waals surface area (Å²) in [6.07, 6.45) is 0. The molecule has 0 spiro atoms.